The summed E-state index contributed by atoms with van der Waals surface area (Å²) in [5, 5.41) is 5.64. The molecule has 6 nitrogen and oxygen atoms in total. The molecule has 0 atom stereocenters. The average Bonchev–Trinajstić information content (AvgIpc) is 3.20. The summed E-state index contributed by atoms with van der Waals surface area (Å²) in [6.07, 6.45) is 4.24. The number of nitrogens with zero attached hydrogens (tertiary/aromatic N) is 1. The zero-order chi connectivity index (χ0) is 21.8. The van der Waals surface area contributed by atoms with Crippen LogP contribution in [-0.4, -0.2) is 28.2 Å². The third kappa shape index (κ3) is 5.68. The van der Waals surface area contributed by atoms with Crippen molar-refractivity contribution < 1.29 is 14.4 Å². The van der Waals surface area contributed by atoms with Gasteiger partial charge in [0.1, 0.15) is 5.69 Å². The molecule has 1 aromatic heterocycles. The maximum Gasteiger partial charge on any atom is 0.290 e. The lowest BCUT2D eigenvalue weighted by Gasteiger charge is -2.11. The minimum atomic E-state index is -0.440. The molecule has 9 heteroatoms. The van der Waals surface area contributed by atoms with Crippen LogP contribution < -0.4 is 10.6 Å². The van der Waals surface area contributed by atoms with Gasteiger partial charge in [0.15, 0.2) is 0 Å². The van der Waals surface area contributed by atoms with Crippen LogP contribution in [0.25, 0.3) is 6.08 Å². The molecule has 30 heavy (non-hydrogen) atoms. The van der Waals surface area contributed by atoms with Crippen LogP contribution in [0, 0.1) is 5.92 Å². The number of imide groups is 1. The Balaban J connectivity index is 1.89. The van der Waals surface area contributed by atoms with Crippen molar-refractivity contribution in [2.75, 3.05) is 6.54 Å². The van der Waals surface area contributed by atoms with E-state index in [-0.39, 0.29) is 5.91 Å². The fraction of sp³-hybridized carbons (Fsp3) is 0.286. The lowest BCUT2D eigenvalue weighted by molar-refractivity contribution is -0.115. The van der Waals surface area contributed by atoms with E-state index in [0.717, 1.165) is 23.7 Å². The normalized spacial score (nSPS) is 15.2. The van der Waals surface area contributed by atoms with Crippen molar-refractivity contribution in [3.63, 3.8) is 0 Å². The van der Waals surface area contributed by atoms with E-state index in [1.54, 1.807) is 35.0 Å². The Morgan fingerprint density at radius 1 is 1.23 bits per heavy atom. The van der Waals surface area contributed by atoms with E-state index in [4.69, 9.17) is 23.2 Å². The summed E-state index contributed by atoms with van der Waals surface area (Å²) in [7, 11) is 0. The largest absolute Gasteiger partial charge is 0.351 e. The van der Waals surface area contributed by atoms with Crippen molar-refractivity contribution in [3.05, 3.63) is 62.2 Å². The van der Waals surface area contributed by atoms with E-state index in [0.29, 0.717) is 45.2 Å². The van der Waals surface area contributed by atoms with E-state index in [1.807, 2.05) is 6.07 Å². The number of benzene rings is 1. The first-order valence-electron chi connectivity index (χ1n) is 9.40. The van der Waals surface area contributed by atoms with Crippen LogP contribution in [0.5, 0.6) is 0 Å². The van der Waals surface area contributed by atoms with Gasteiger partial charge in [0.05, 0.1) is 15.0 Å². The molecule has 1 fully saturated rings. The first-order valence-corrected chi connectivity index (χ1v) is 11.0. The molecule has 2 N–H and O–H groups in total. The number of aromatic nitrogens is 1. The van der Waals surface area contributed by atoms with Gasteiger partial charge >= 0.3 is 0 Å². The Morgan fingerprint density at radius 3 is 2.63 bits per heavy atom. The molecule has 0 radical (unpaired) electrons. The molecule has 0 saturated carbocycles. The number of halogens is 2. The van der Waals surface area contributed by atoms with Crippen LogP contribution in [0.3, 0.4) is 0 Å². The van der Waals surface area contributed by atoms with Gasteiger partial charge in [-0.05, 0) is 59.5 Å². The smallest absolute Gasteiger partial charge is 0.290 e. The van der Waals surface area contributed by atoms with E-state index < -0.39 is 11.1 Å². The molecule has 3 rings (SSSR count). The minimum Gasteiger partial charge on any atom is -0.351 e. The molecule has 0 aliphatic carbocycles. The maximum atomic E-state index is 12.8. The maximum absolute atomic E-state index is 12.8. The minimum absolute atomic E-state index is 0.208. The van der Waals surface area contributed by atoms with Crippen molar-refractivity contribution >= 4 is 58.1 Å². The first-order chi connectivity index (χ1) is 14.2. The Bertz CT molecular complexity index is 1030. The highest BCUT2D eigenvalue weighted by atomic mass is 35.5. The van der Waals surface area contributed by atoms with Crippen LogP contribution in [-0.2, 0) is 11.3 Å². The van der Waals surface area contributed by atoms with Gasteiger partial charge < -0.3 is 9.88 Å². The standard InChI is InChI=1S/C21H21Cl2N3O3S/c1-12(2)5-6-24-19(27)17-8-14(9-18-20(28)25-21(29)30-18)11-26(17)10-13-3-4-15(22)16(23)7-13/h3-4,7-9,11-12H,5-6,10H2,1-2H3,(H,24,27)(H,25,28,29)/b18-9-. The number of rotatable bonds is 7. The first kappa shape index (κ1) is 22.5. The number of thioether (sulfide) groups is 1. The fourth-order valence-electron chi connectivity index (χ4n) is 2.91. The predicted octanol–water partition coefficient (Wildman–Crippen LogP) is 4.94. The highest BCUT2D eigenvalue weighted by Gasteiger charge is 2.25. The molecule has 0 bridgehead atoms. The molecule has 2 heterocycles. The van der Waals surface area contributed by atoms with E-state index in [2.05, 4.69) is 24.5 Å². The predicted molar refractivity (Wildman–Crippen MR) is 121 cm³/mol. The van der Waals surface area contributed by atoms with Gasteiger partial charge in [-0.25, -0.2) is 0 Å². The molecular formula is C21H21Cl2N3O3S. The monoisotopic (exact) mass is 465 g/mol. The van der Waals surface area contributed by atoms with Gasteiger partial charge in [-0.15, -0.1) is 0 Å². The summed E-state index contributed by atoms with van der Waals surface area (Å²) in [6.45, 7) is 5.15. The molecular weight excluding hydrogens is 445 g/mol. The van der Waals surface area contributed by atoms with Crippen molar-refractivity contribution in [2.45, 2.75) is 26.8 Å². The molecule has 0 unspecified atom stereocenters. The van der Waals surface area contributed by atoms with Crippen LogP contribution in [0.2, 0.25) is 10.0 Å². The summed E-state index contributed by atoms with van der Waals surface area (Å²) in [6, 6.07) is 7.00. The number of carbonyl (C=O) groups is 3. The Morgan fingerprint density at radius 2 is 2.00 bits per heavy atom. The summed E-state index contributed by atoms with van der Waals surface area (Å²) < 4.78 is 1.79. The van der Waals surface area contributed by atoms with E-state index in [1.165, 1.54) is 0 Å². The number of hydrogen-bond donors (Lipinski definition) is 2. The molecule has 1 saturated heterocycles. The molecule has 158 valence electrons. The second kappa shape index (κ2) is 9.73. The van der Waals surface area contributed by atoms with Crippen LogP contribution in [0.15, 0.2) is 35.4 Å². The third-order valence-corrected chi connectivity index (χ3v) is 5.98. The zero-order valence-electron chi connectivity index (χ0n) is 16.5. The zero-order valence-corrected chi connectivity index (χ0v) is 18.8. The van der Waals surface area contributed by atoms with Crippen molar-refractivity contribution in [1.29, 1.82) is 0 Å². The van der Waals surface area contributed by atoms with Crippen LogP contribution in [0.1, 0.15) is 41.9 Å². The van der Waals surface area contributed by atoms with E-state index in [9.17, 15) is 14.4 Å². The number of nitrogens with one attached hydrogen (secondary N) is 2. The summed E-state index contributed by atoms with van der Waals surface area (Å²) >= 11 is 13.0. The second-order valence-electron chi connectivity index (χ2n) is 7.33. The van der Waals surface area contributed by atoms with Gasteiger partial charge in [0.2, 0.25) is 0 Å². The molecule has 1 aromatic carbocycles. The summed E-state index contributed by atoms with van der Waals surface area (Å²) in [4.78, 5) is 36.3. The van der Waals surface area contributed by atoms with Gasteiger partial charge in [0.25, 0.3) is 17.1 Å². The lowest BCUT2D eigenvalue weighted by Crippen LogP contribution is -2.27. The van der Waals surface area contributed by atoms with Gasteiger partial charge in [-0.2, -0.15) is 0 Å². The topological polar surface area (TPSA) is 80.2 Å². The van der Waals surface area contributed by atoms with Crippen molar-refractivity contribution in [1.82, 2.24) is 15.2 Å². The van der Waals surface area contributed by atoms with Crippen LogP contribution >= 0.6 is 35.0 Å². The van der Waals surface area contributed by atoms with Gasteiger partial charge in [-0.3, -0.25) is 19.7 Å². The Labute approximate surface area is 189 Å². The van der Waals surface area contributed by atoms with Gasteiger partial charge in [0, 0.05) is 19.3 Å². The van der Waals surface area contributed by atoms with Crippen molar-refractivity contribution in [2.24, 2.45) is 5.92 Å². The molecule has 3 amide bonds. The fourth-order valence-corrected chi connectivity index (χ4v) is 3.91. The molecule has 1 aliphatic rings. The molecule has 1 aliphatic heterocycles. The third-order valence-electron chi connectivity index (χ3n) is 4.43. The lowest BCUT2D eigenvalue weighted by atomic mass is 10.1. The SMILES string of the molecule is CC(C)CCNC(=O)c1cc(/C=C2\SC(=O)NC2=O)cn1Cc1ccc(Cl)c(Cl)c1. The van der Waals surface area contributed by atoms with Crippen molar-refractivity contribution in [3.8, 4) is 0 Å². The second-order valence-corrected chi connectivity index (χ2v) is 9.15. The number of hydrogen-bond acceptors (Lipinski definition) is 4. The quantitative estimate of drug-likeness (QED) is 0.567. The molecule has 0 spiro atoms. The number of amides is 3. The Hall–Kier alpha value is -2.22. The van der Waals surface area contributed by atoms with Crippen LogP contribution in [0.4, 0.5) is 4.79 Å². The van der Waals surface area contributed by atoms with E-state index >= 15 is 0 Å². The Kier molecular flexibility index (Phi) is 7.28. The highest BCUT2D eigenvalue weighted by molar-refractivity contribution is 8.18. The van der Waals surface area contributed by atoms with Gasteiger partial charge in [-0.1, -0.05) is 43.1 Å². The molecule has 2 aromatic rings. The highest BCUT2D eigenvalue weighted by Crippen LogP contribution is 2.27. The summed E-state index contributed by atoms with van der Waals surface area (Å²) in [5.41, 5.74) is 1.97. The average molecular weight is 466 g/mol. The summed E-state index contributed by atoms with van der Waals surface area (Å²) in [5.74, 6) is -0.172. The number of carbonyl (C=O) groups excluding carboxylic acids is 3.